The van der Waals surface area contributed by atoms with Crippen LogP contribution in [0.2, 0.25) is 0 Å². The zero-order valence-electron chi connectivity index (χ0n) is 16.5. The third kappa shape index (κ3) is 11.4. The van der Waals surface area contributed by atoms with Crippen LogP contribution in [-0.2, 0) is 14.3 Å². The third-order valence-electron chi connectivity index (χ3n) is 3.44. The van der Waals surface area contributed by atoms with E-state index in [9.17, 15) is 14.4 Å². The van der Waals surface area contributed by atoms with Crippen LogP contribution in [0.5, 0.6) is 0 Å². The summed E-state index contributed by atoms with van der Waals surface area (Å²) in [6.45, 7) is 11.5. The first kappa shape index (κ1) is 23.2. The molecule has 0 radical (unpaired) electrons. The summed E-state index contributed by atoms with van der Waals surface area (Å²) in [5, 5.41) is 8.04. The third-order valence-corrected chi connectivity index (χ3v) is 3.44. The smallest absolute Gasteiger partial charge is 0.408 e. The van der Waals surface area contributed by atoms with Crippen molar-refractivity contribution < 1.29 is 19.1 Å². The van der Waals surface area contributed by atoms with Gasteiger partial charge in [-0.2, -0.15) is 0 Å². The van der Waals surface area contributed by atoms with E-state index >= 15 is 0 Å². The molecule has 0 saturated heterocycles. The zero-order chi connectivity index (χ0) is 19.5. The van der Waals surface area contributed by atoms with E-state index in [1.807, 2.05) is 13.8 Å². The Balaban J connectivity index is 4.66. The molecule has 0 bridgehead atoms. The number of carbonyl (C=O) groups excluding carboxylic acids is 3. The number of ether oxygens (including phenoxy) is 1. The highest BCUT2D eigenvalue weighted by Gasteiger charge is 2.26. The van der Waals surface area contributed by atoms with E-state index in [0.717, 1.165) is 25.7 Å². The van der Waals surface area contributed by atoms with Crippen LogP contribution in [0.3, 0.4) is 0 Å². The van der Waals surface area contributed by atoms with Crippen molar-refractivity contribution in [2.75, 3.05) is 6.54 Å². The molecule has 0 rings (SSSR count). The molecule has 146 valence electrons. The summed E-state index contributed by atoms with van der Waals surface area (Å²) in [6.07, 6.45) is 3.42. The van der Waals surface area contributed by atoms with E-state index in [-0.39, 0.29) is 11.8 Å². The van der Waals surface area contributed by atoms with Gasteiger partial charge >= 0.3 is 6.09 Å². The number of rotatable bonds is 10. The van der Waals surface area contributed by atoms with E-state index in [0.29, 0.717) is 13.0 Å². The Morgan fingerprint density at radius 2 is 1.56 bits per heavy atom. The van der Waals surface area contributed by atoms with Crippen molar-refractivity contribution in [1.29, 1.82) is 0 Å². The number of unbranched alkanes of at least 4 members (excludes halogenated alkanes) is 2. The van der Waals surface area contributed by atoms with Gasteiger partial charge in [0.05, 0.1) is 0 Å². The van der Waals surface area contributed by atoms with Gasteiger partial charge in [0.1, 0.15) is 17.7 Å². The van der Waals surface area contributed by atoms with Crippen LogP contribution in [0.25, 0.3) is 0 Å². The average molecular weight is 357 g/mol. The van der Waals surface area contributed by atoms with E-state index in [2.05, 4.69) is 16.0 Å². The van der Waals surface area contributed by atoms with Gasteiger partial charge in [-0.25, -0.2) is 4.79 Å². The molecule has 0 fully saturated rings. The summed E-state index contributed by atoms with van der Waals surface area (Å²) in [5.74, 6) is -0.606. The lowest BCUT2D eigenvalue weighted by molar-refractivity contribution is -0.129. The minimum Gasteiger partial charge on any atom is -0.444 e. The Morgan fingerprint density at radius 1 is 0.960 bits per heavy atom. The summed E-state index contributed by atoms with van der Waals surface area (Å²) in [4.78, 5) is 36.3. The van der Waals surface area contributed by atoms with Gasteiger partial charge in [0.15, 0.2) is 0 Å². The van der Waals surface area contributed by atoms with E-state index in [1.54, 1.807) is 27.7 Å². The molecular weight excluding hydrogens is 322 g/mol. The quantitative estimate of drug-likeness (QED) is 0.523. The van der Waals surface area contributed by atoms with Gasteiger partial charge in [-0.15, -0.1) is 0 Å². The fraction of sp³-hybridized carbons (Fsp3) is 0.833. The van der Waals surface area contributed by atoms with Crippen molar-refractivity contribution in [1.82, 2.24) is 16.0 Å². The standard InChI is InChI=1S/C18H35N3O4/c1-7-9-11-14(21-17(24)25-18(4,5)6)16(23)20-13(3)15(22)19-12-10-8-2/h13-14H,7-12H2,1-6H3,(H,19,22)(H,20,23)(H,21,24)/t13-,14-/m0/s1. The largest absolute Gasteiger partial charge is 0.444 e. The summed E-state index contributed by atoms with van der Waals surface area (Å²) >= 11 is 0. The molecule has 2 atom stereocenters. The van der Waals surface area contributed by atoms with Crippen LogP contribution >= 0.6 is 0 Å². The van der Waals surface area contributed by atoms with Gasteiger partial charge in [0, 0.05) is 6.54 Å². The Labute approximate surface area is 151 Å². The van der Waals surface area contributed by atoms with Crippen molar-refractivity contribution in [2.24, 2.45) is 0 Å². The van der Waals surface area contributed by atoms with Crippen LogP contribution in [0.1, 0.15) is 73.6 Å². The molecule has 7 nitrogen and oxygen atoms in total. The number of alkyl carbamates (subject to hydrolysis) is 1. The van der Waals surface area contributed by atoms with Crippen molar-refractivity contribution in [3.8, 4) is 0 Å². The summed E-state index contributed by atoms with van der Waals surface area (Å²) < 4.78 is 5.21. The van der Waals surface area contributed by atoms with Crippen LogP contribution < -0.4 is 16.0 Å². The molecule has 25 heavy (non-hydrogen) atoms. The number of nitrogens with one attached hydrogen (secondary N) is 3. The molecule has 0 spiro atoms. The fourth-order valence-electron chi connectivity index (χ4n) is 2.05. The van der Waals surface area contributed by atoms with E-state index < -0.39 is 23.8 Å². The molecule has 0 aromatic heterocycles. The molecule has 0 aromatic rings. The second kappa shape index (κ2) is 11.7. The van der Waals surface area contributed by atoms with Gasteiger partial charge in [-0.05, 0) is 40.5 Å². The molecule has 0 saturated carbocycles. The van der Waals surface area contributed by atoms with Gasteiger partial charge in [-0.3, -0.25) is 9.59 Å². The normalized spacial score (nSPS) is 13.5. The summed E-state index contributed by atoms with van der Waals surface area (Å²) in [7, 11) is 0. The first-order chi connectivity index (χ1) is 11.6. The predicted octanol–water partition coefficient (Wildman–Crippen LogP) is 2.49. The molecule has 0 aliphatic heterocycles. The van der Waals surface area contributed by atoms with Crippen LogP contribution in [0.4, 0.5) is 4.79 Å². The molecule has 3 N–H and O–H groups in total. The maximum Gasteiger partial charge on any atom is 0.408 e. The van der Waals surface area contributed by atoms with Crippen molar-refractivity contribution in [3.63, 3.8) is 0 Å². The second-order valence-electron chi connectivity index (χ2n) is 7.22. The van der Waals surface area contributed by atoms with Crippen LogP contribution in [0.15, 0.2) is 0 Å². The molecule has 0 unspecified atom stereocenters. The predicted molar refractivity (Wildman–Crippen MR) is 98.2 cm³/mol. The van der Waals surface area contributed by atoms with Crippen LogP contribution in [-0.4, -0.2) is 42.1 Å². The molecular formula is C18H35N3O4. The Kier molecular flexibility index (Phi) is 10.9. The maximum absolute atomic E-state index is 12.4. The molecule has 0 heterocycles. The van der Waals surface area contributed by atoms with Crippen molar-refractivity contribution in [2.45, 2.75) is 91.3 Å². The number of amides is 3. The number of hydrogen-bond donors (Lipinski definition) is 3. The van der Waals surface area contributed by atoms with E-state index in [4.69, 9.17) is 4.74 Å². The minimum absolute atomic E-state index is 0.228. The minimum atomic E-state index is -0.722. The lowest BCUT2D eigenvalue weighted by atomic mass is 10.1. The van der Waals surface area contributed by atoms with Crippen molar-refractivity contribution >= 4 is 17.9 Å². The van der Waals surface area contributed by atoms with Gasteiger partial charge in [0.25, 0.3) is 0 Å². The lowest BCUT2D eigenvalue weighted by Crippen LogP contribution is -2.53. The highest BCUT2D eigenvalue weighted by Crippen LogP contribution is 2.08. The Morgan fingerprint density at radius 3 is 2.08 bits per heavy atom. The highest BCUT2D eigenvalue weighted by molar-refractivity contribution is 5.91. The van der Waals surface area contributed by atoms with E-state index in [1.165, 1.54) is 0 Å². The highest BCUT2D eigenvalue weighted by atomic mass is 16.6. The van der Waals surface area contributed by atoms with Gasteiger partial charge in [-0.1, -0.05) is 33.1 Å². The Bertz CT molecular complexity index is 433. The summed E-state index contributed by atoms with van der Waals surface area (Å²) in [5.41, 5.74) is -0.637. The maximum atomic E-state index is 12.4. The van der Waals surface area contributed by atoms with Gasteiger partial charge < -0.3 is 20.7 Å². The molecule has 0 aromatic carbocycles. The monoisotopic (exact) mass is 357 g/mol. The molecule has 0 aliphatic rings. The first-order valence-electron chi connectivity index (χ1n) is 9.18. The van der Waals surface area contributed by atoms with Crippen LogP contribution in [0, 0.1) is 0 Å². The zero-order valence-corrected chi connectivity index (χ0v) is 16.5. The Hall–Kier alpha value is -1.79. The molecule has 3 amide bonds. The first-order valence-corrected chi connectivity index (χ1v) is 9.18. The molecule has 0 aliphatic carbocycles. The van der Waals surface area contributed by atoms with Gasteiger partial charge in [0.2, 0.25) is 11.8 Å². The SMILES string of the molecule is CCCCNC(=O)[C@H](C)NC(=O)[C@H](CCCC)NC(=O)OC(C)(C)C. The lowest BCUT2D eigenvalue weighted by Gasteiger charge is -2.24. The number of hydrogen-bond acceptors (Lipinski definition) is 4. The second-order valence-corrected chi connectivity index (χ2v) is 7.22. The molecule has 7 heteroatoms. The van der Waals surface area contributed by atoms with Crippen molar-refractivity contribution in [3.05, 3.63) is 0 Å². The number of carbonyl (C=O) groups is 3. The average Bonchev–Trinajstić information content (AvgIpc) is 2.49. The fourth-order valence-corrected chi connectivity index (χ4v) is 2.05. The summed E-state index contributed by atoms with van der Waals surface area (Å²) in [6, 6.07) is -1.38. The topological polar surface area (TPSA) is 96.5 Å².